The van der Waals surface area contributed by atoms with Gasteiger partial charge in [-0.3, -0.25) is 9.69 Å². The van der Waals surface area contributed by atoms with Crippen LogP contribution in [-0.4, -0.2) is 47.9 Å². The fraction of sp³-hybridized carbons (Fsp3) is 0.533. The summed E-state index contributed by atoms with van der Waals surface area (Å²) in [5.41, 5.74) is 7.17. The molecule has 1 aromatic rings. The van der Waals surface area contributed by atoms with E-state index in [1.807, 2.05) is 17.0 Å². The number of carbonyl (C=O) groups excluding carboxylic acids is 1. The number of benzene rings is 1. The molecule has 0 bridgehead atoms. The van der Waals surface area contributed by atoms with Crippen LogP contribution in [0, 0.1) is 0 Å². The summed E-state index contributed by atoms with van der Waals surface area (Å²) in [7, 11) is 0. The van der Waals surface area contributed by atoms with Crippen LogP contribution in [0.4, 0.5) is 5.69 Å². The Morgan fingerprint density at radius 3 is 2.85 bits per heavy atom. The van der Waals surface area contributed by atoms with Gasteiger partial charge in [-0.05, 0) is 59.9 Å². The van der Waals surface area contributed by atoms with Crippen LogP contribution in [0.2, 0.25) is 0 Å². The minimum absolute atomic E-state index is 0.124. The van der Waals surface area contributed by atoms with Gasteiger partial charge in [0.2, 0.25) is 0 Å². The zero-order chi connectivity index (χ0) is 14.1. The van der Waals surface area contributed by atoms with Gasteiger partial charge in [-0.25, -0.2) is 0 Å². The summed E-state index contributed by atoms with van der Waals surface area (Å²) in [6.07, 6.45) is 3.55. The van der Waals surface area contributed by atoms with Crippen LogP contribution >= 0.6 is 15.9 Å². The summed E-state index contributed by atoms with van der Waals surface area (Å²) in [5, 5.41) is 0. The van der Waals surface area contributed by atoms with E-state index in [2.05, 4.69) is 20.8 Å². The molecule has 5 heteroatoms. The lowest BCUT2D eigenvalue weighted by atomic mass is 10.1. The summed E-state index contributed by atoms with van der Waals surface area (Å²) in [6.45, 7) is 4.04. The first kappa shape index (κ1) is 13.9. The zero-order valence-corrected chi connectivity index (χ0v) is 13.1. The molecule has 0 radical (unpaired) electrons. The van der Waals surface area contributed by atoms with Gasteiger partial charge in [0.25, 0.3) is 5.91 Å². The number of nitrogen functional groups attached to an aromatic ring is 1. The summed E-state index contributed by atoms with van der Waals surface area (Å²) in [4.78, 5) is 17.2. The van der Waals surface area contributed by atoms with Crippen LogP contribution in [0.15, 0.2) is 22.7 Å². The summed E-state index contributed by atoms with van der Waals surface area (Å²) in [5.74, 6) is 0.124. The molecule has 1 aromatic carbocycles. The maximum atomic E-state index is 12.7. The van der Waals surface area contributed by atoms with Gasteiger partial charge in [0.05, 0.1) is 0 Å². The average Bonchev–Trinajstić information content (AvgIpc) is 2.78. The first-order valence-corrected chi connectivity index (χ1v) is 8.03. The Balaban J connectivity index is 1.77. The smallest absolute Gasteiger partial charge is 0.253 e. The molecule has 0 aliphatic carbocycles. The topological polar surface area (TPSA) is 49.6 Å². The van der Waals surface area contributed by atoms with Crippen molar-refractivity contribution in [2.75, 3.05) is 31.9 Å². The molecule has 2 aliphatic heterocycles. The van der Waals surface area contributed by atoms with E-state index in [0.29, 0.717) is 11.7 Å². The molecule has 0 aromatic heterocycles. The van der Waals surface area contributed by atoms with E-state index in [9.17, 15) is 4.79 Å². The van der Waals surface area contributed by atoms with Gasteiger partial charge in [0, 0.05) is 41.4 Å². The van der Waals surface area contributed by atoms with Gasteiger partial charge >= 0.3 is 0 Å². The Morgan fingerprint density at radius 2 is 2.05 bits per heavy atom. The molecule has 1 atom stereocenters. The molecule has 2 N–H and O–H groups in total. The number of nitrogens with two attached hydrogens (primary N) is 1. The number of halogens is 1. The molecule has 4 nitrogen and oxygen atoms in total. The third-order valence-corrected chi connectivity index (χ3v) is 5.02. The third kappa shape index (κ3) is 2.69. The van der Waals surface area contributed by atoms with Crippen molar-refractivity contribution >= 4 is 27.5 Å². The van der Waals surface area contributed by atoms with Gasteiger partial charge in [-0.2, -0.15) is 0 Å². The minimum atomic E-state index is 0.124. The van der Waals surface area contributed by atoms with E-state index in [0.717, 1.165) is 36.1 Å². The van der Waals surface area contributed by atoms with Gasteiger partial charge in [0.15, 0.2) is 0 Å². The van der Waals surface area contributed by atoms with Gasteiger partial charge in [-0.15, -0.1) is 0 Å². The molecule has 2 heterocycles. The summed E-state index contributed by atoms with van der Waals surface area (Å²) >= 11 is 3.39. The first-order chi connectivity index (χ1) is 9.65. The molecule has 3 rings (SSSR count). The zero-order valence-electron chi connectivity index (χ0n) is 11.5. The molecule has 108 valence electrons. The van der Waals surface area contributed by atoms with Gasteiger partial charge < -0.3 is 10.6 Å². The molecule has 2 fully saturated rings. The van der Waals surface area contributed by atoms with Gasteiger partial charge in [0.1, 0.15) is 0 Å². The lowest BCUT2D eigenvalue weighted by molar-refractivity contribution is 0.0743. The maximum absolute atomic E-state index is 12.7. The van der Waals surface area contributed by atoms with Crippen molar-refractivity contribution in [1.82, 2.24) is 9.80 Å². The second kappa shape index (κ2) is 5.74. The van der Waals surface area contributed by atoms with Crippen LogP contribution in [0.1, 0.15) is 29.6 Å². The molecule has 2 aliphatic rings. The Morgan fingerprint density at radius 1 is 1.25 bits per heavy atom. The minimum Gasteiger partial charge on any atom is -0.398 e. The van der Waals surface area contributed by atoms with Crippen LogP contribution < -0.4 is 5.73 Å². The number of carbonyl (C=O) groups is 1. The molecular weight excluding hydrogens is 318 g/mol. The fourth-order valence-electron chi connectivity index (χ4n) is 3.23. The maximum Gasteiger partial charge on any atom is 0.253 e. The van der Waals surface area contributed by atoms with E-state index in [1.165, 1.54) is 19.4 Å². The van der Waals surface area contributed by atoms with E-state index in [4.69, 9.17) is 5.73 Å². The van der Waals surface area contributed by atoms with Crippen molar-refractivity contribution in [3.05, 3.63) is 28.2 Å². The molecule has 2 saturated heterocycles. The van der Waals surface area contributed by atoms with E-state index >= 15 is 0 Å². The Hall–Kier alpha value is -1.07. The number of anilines is 1. The predicted molar refractivity (Wildman–Crippen MR) is 83.7 cm³/mol. The van der Waals surface area contributed by atoms with Crippen molar-refractivity contribution in [2.45, 2.75) is 25.3 Å². The van der Waals surface area contributed by atoms with Crippen LogP contribution in [-0.2, 0) is 0 Å². The van der Waals surface area contributed by atoms with Crippen molar-refractivity contribution < 1.29 is 4.79 Å². The highest BCUT2D eigenvalue weighted by atomic mass is 79.9. The van der Waals surface area contributed by atoms with Crippen LogP contribution in [0.5, 0.6) is 0 Å². The number of hydrogen-bond acceptors (Lipinski definition) is 3. The fourth-order valence-corrected chi connectivity index (χ4v) is 3.61. The van der Waals surface area contributed by atoms with Crippen molar-refractivity contribution in [2.24, 2.45) is 0 Å². The number of hydrogen-bond donors (Lipinski definition) is 1. The first-order valence-electron chi connectivity index (χ1n) is 7.23. The summed E-state index contributed by atoms with van der Waals surface area (Å²) in [6, 6.07) is 5.99. The second-order valence-electron chi connectivity index (χ2n) is 5.67. The number of rotatable bonds is 1. The predicted octanol–water partition coefficient (Wildman–Crippen LogP) is 2.34. The highest BCUT2D eigenvalue weighted by molar-refractivity contribution is 9.10. The Kier molecular flexibility index (Phi) is 3.98. The van der Waals surface area contributed by atoms with Crippen LogP contribution in [0.25, 0.3) is 0 Å². The number of fused-ring (bicyclic) bond motifs is 1. The van der Waals surface area contributed by atoms with Gasteiger partial charge in [-0.1, -0.05) is 0 Å². The second-order valence-corrected chi connectivity index (χ2v) is 6.53. The highest BCUT2D eigenvalue weighted by Gasteiger charge is 2.30. The largest absolute Gasteiger partial charge is 0.398 e. The van der Waals surface area contributed by atoms with Crippen LogP contribution in [0.3, 0.4) is 0 Å². The van der Waals surface area contributed by atoms with Crippen molar-refractivity contribution in [1.29, 1.82) is 0 Å². The van der Waals surface area contributed by atoms with E-state index in [1.54, 1.807) is 6.07 Å². The van der Waals surface area contributed by atoms with Crippen molar-refractivity contribution in [3.63, 3.8) is 0 Å². The molecule has 1 amide bonds. The average molecular weight is 338 g/mol. The number of amides is 1. The normalized spacial score (nSPS) is 23.4. The monoisotopic (exact) mass is 337 g/mol. The third-order valence-electron chi connectivity index (χ3n) is 4.34. The Bertz CT molecular complexity index is 520. The van der Waals surface area contributed by atoms with E-state index < -0.39 is 0 Å². The molecular formula is C15H20BrN3O. The standard InChI is InChI=1S/C15H20BrN3O/c16-13-9-11(4-5-14(13)17)15(20)19-8-2-7-18-6-1-3-12(18)10-19/h4-5,9,12H,1-3,6-8,10,17H2. The lowest BCUT2D eigenvalue weighted by Gasteiger charge is -2.25. The lowest BCUT2D eigenvalue weighted by Crippen LogP contribution is -2.39. The van der Waals surface area contributed by atoms with E-state index in [-0.39, 0.29) is 5.91 Å². The molecule has 20 heavy (non-hydrogen) atoms. The Labute approximate surface area is 128 Å². The SMILES string of the molecule is Nc1ccc(C(=O)N2CCCN3CCCC3C2)cc1Br. The molecule has 0 saturated carbocycles. The quantitative estimate of drug-likeness (QED) is 0.800. The molecule has 1 unspecified atom stereocenters. The van der Waals surface area contributed by atoms with Crippen molar-refractivity contribution in [3.8, 4) is 0 Å². The highest BCUT2D eigenvalue weighted by Crippen LogP contribution is 2.24. The number of nitrogens with zero attached hydrogens (tertiary/aromatic N) is 2. The summed E-state index contributed by atoms with van der Waals surface area (Å²) < 4.78 is 0.792. The molecule has 0 spiro atoms.